The Kier molecular flexibility index (Phi) is 4.19. The second-order valence-electron chi connectivity index (χ2n) is 5.83. The monoisotopic (exact) mass is 312 g/mol. The van der Waals surface area contributed by atoms with Gasteiger partial charge in [-0.3, -0.25) is 4.79 Å². The van der Waals surface area contributed by atoms with E-state index in [1.165, 1.54) is 0 Å². The molecule has 23 heavy (non-hydrogen) atoms. The summed E-state index contributed by atoms with van der Waals surface area (Å²) in [4.78, 5) is 25.1. The number of hydrogen-bond donors (Lipinski definition) is 0. The van der Waals surface area contributed by atoms with Crippen molar-refractivity contribution in [2.45, 2.75) is 19.4 Å². The molecule has 1 aliphatic rings. The quantitative estimate of drug-likeness (QED) is 0.875. The van der Waals surface area contributed by atoms with Gasteiger partial charge in [-0.05, 0) is 36.1 Å². The highest BCUT2D eigenvalue weighted by molar-refractivity contribution is 5.69. The molecule has 0 aliphatic carbocycles. The molecule has 0 unspecified atom stereocenters. The first-order chi connectivity index (χ1) is 11.1. The van der Waals surface area contributed by atoms with Crippen LogP contribution in [0.1, 0.15) is 24.9 Å². The average molecular weight is 312 g/mol. The molecular formula is C18H20N2O3. The summed E-state index contributed by atoms with van der Waals surface area (Å²) in [6, 6.07) is 11.4. The van der Waals surface area contributed by atoms with Gasteiger partial charge in [-0.15, -0.1) is 0 Å². The van der Waals surface area contributed by atoms with E-state index in [4.69, 9.17) is 4.74 Å². The fourth-order valence-corrected chi connectivity index (χ4v) is 2.82. The van der Waals surface area contributed by atoms with Crippen molar-refractivity contribution in [1.82, 2.24) is 9.47 Å². The molecule has 0 bridgehead atoms. The number of ether oxygens (including phenoxy) is 1. The highest BCUT2D eigenvalue weighted by Gasteiger charge is 2.25. The zero-order valence-corrected chi connectivity index (χ0v) is 13.4. The van der Waals surface area contributed by atoms with Crippen molar-refractivity contribution >= 4 is 6.09 Å². The van der Waals surface area contributed by atoms with Crippen molar-refractivity contribution in [2.75, 3.05) is 13.2 Å². The molecule has 1 atom stereocenters. The average Bonchev–Trinajstić information content (AvgIpc) is 2.57. The van der Waals surface area contributed by atoms with Gasteiger partial charge in [0.25, 0.3) is 0 Å². The van der Waals surface area contributed by atoms with Crippen molar-refractivity contribution in [3.8, 4) is 11.1 Å². The summed E-state index contributed by atoms with van der Waals surface area (Å²) in [5, 5.41) is 0. The third kappa shape index (κ3) is 3.13. The minimum absolute atomic E-state index is 0.0167. The lowest BCUT2D eigenvalue weighted by Gasteiger charge is -2.32. The first-order valence-electron chi connectivity index (χ1n) is 7.76. The fraction of sp³-hybridized carbons (Fsp3) is 0.333. The number of nitrogens with zero attached hydrogens (tertiary/aromatic N) is 2. The molecule has 2 aromatic rings. The third-order valence-corrected chi connectivity index (χ3v) is 4.28. The number of benzene rings is 1. The number of amides is 1. The van der Waals surface area contributed by atoms with Gasteiger partial charge < -0.3 is 14.2 Å². The molecule has 2 heterocycles. The summed E-state index contributed by atoms with van der Waals surface area (Å²) in [6.45, 7) is 3.24. The van der Waals surface area contributed by atoms with E-state index in [2.05, 4.69) is 0 Å². The SMILES string of the molecule is C[C@@H](c1ccc(-c2ccc(=O)n(C)c2)cc1)N1CCCOC1=O. The largest absolute Gasteiger partial charge is 0.449 e. The number of hydrogen-bond acceptors (Lipinski definition) is 3. The molecule has 5 heteroatoms. The summed E-state index contributed by atoms with van der Waals surface area (Å²) in [6.07, 6.45) is 2.44. The predicted molar refractivity (Wildman–Crippen MR) is 88.2 cm³/mol. The molecule has 1 fully saturated rings. The van der Waals surface area contributed by atoms with Crippen LogP contribution in [0.25, 0.3) is 11.1 Å². The number of aryl methyl sites for hydroxylation is 1. The van der Waals surface area contributed by atoms with E-state index in [1.54, 1.807) is 22.6 Å². The van der Waals surface area contributed by atoms with Crippen LogP contribution >= 0.6 is 0 Å². The Morgan fingerprint density at radius 2 is 1.74 bits per heavy atom. The van der Waals surface area contributed by atoms with Crippen LogP contribution in [0.2, 0.25) is 0 Å². The van der Waals surface area contributed by atoms with Crippen molar-refractivity contribution in [1.29, 1.82) is 0 Å². The smallest absolute Gasteiger partial charge is 0.410 e. The second-order valence-corrected chi connectivity index (χ2v) is 5.83. The van der Waals surface area contributed by atoms with Crippen LogP contribution in [0, 0.1) is 0 Å². The lowest BCUT2D eigenvalue weighted by atomic mass is 10.0. The van der Waals surface area contributed by atoms with Gasteiger partial charge in [0.15, 0.2) is 0 Å². The Morgan fingerprint density at radius 3 is 2.39 bits per heavy atom. The number of carbonyl (C=O) groups excluding carboxylic acids is 1. The van der Waals surface area contributed by atoms with Crippen LogP contribution in [-0.2, 0) is 11.8 Å². The van der Waals surface area contributed by atoms with Crippen molar-refractivity contribution in [2.24, 2.45) is 7.05 Å². The third-order valence-electron chi connectivity index (χ3n) is 4.28. The first kappa shape index (κ1) is 15.3. The molecule has 1 amide bonds. The van der Waals surface area contributed by atoms with Gasteiger partial charge in [0, 0.05) is 25.9 Å². The van der Waals surface area contributed by atoms with E-state index in [0.717, 1.165) is 29.7 Å². The molecule has 0 N–H and O–H groups in total. The summed E-state index contributed by atoms with van der Waals surface area (Å²) < 4.78 is 6.67. The number of aromatic nitrogens is 1. The first-order valence-corrected chi connectivity index (χ1v) is 7.76. The summed E-state index contributed by atoms with van der Waals surface area (Å²) in [5.74, 6) is 0. The molecule has 5 nitrogen and oxygen atoms in total. The highest BCUT2D eigenvalue weighted by Crippen LogP contribution is 2.26. The van der Waals surface area contributed by atoms with Gasteiger partial charge in [0.2, 0.25) is 5.56 Å². The summed E-state index contributed by atoms with van der Waals surface area (Å²) >= 11 is 0. The molecule has 120 valence electrons. The van der Waals surface area contributed by atoms with Gasteiger partial charge in [-0.2, -0.15) is 0 Å². The van der Waals surface area contributed by atoms with Crippen molar-refractivity contribution in [3.05, 3.63) is 58.5 Å². The normalized spacial score (nSPS) is 16.1. The maximum absolute atomic E-state index is 11.8. The van der Waals surface area contributed by atoms with Crippen LogP contribution in [0.15, 0.2) is 47.4 Å². The van der Waals surface area contributed by atoms with E-state index >= 15 is 0 Å². The summed E-state index contributed by atoms with van der Waals surface area (Å²) in [7, 11) is 1.74. The van der Waals surface area contributed by atoms with Gasteiger partial charge >= 0.3 is 6.09 Å². The summed E-state index contributed by atoms with van der Waals surface area (Å²) in [5.41, 5.74) is 3.07. The standard InChI is InChI=1S/C18H20N2O3/c1-13(20-10-3-11-23-18(20)22)14-4-6-15(7-5-14)16-8-9-17(21)19(2)12-16/h4-9,12-13H,3,10-11H2,1-2H3/t13-/m0/s1. The Balaban J connectivity index is 1.82. The zero-order valence-electron chi connectivity index (χ0n) is 13.4. The van der Waals surface area contributed by atoms with Gasteiger partial charge in [-0.1, -0.05) is 24.3 Å². The number of rotatable bonds is 3. The molecule has 1 aromatic carbocycles. The zero-order chi connectivity index (χ0) is 16.4. The van der Waals surface area contributed by atoms with Crippen LogP contribution in [-0.4, -0.2) is 28.7 Å². The predicted octanol–water partition coefficient (Wildman–Crippen LogP) is 2.96. The second kappa shape index (κ2) is 6.28. The Morgan fingerprint density at radius 1 is 1.04 bits per heavy atom. The molecule has 3 rings (SSSR count). The van der Waals surface area contributed by atoms with E-state index in [1.807, 2.05) is 43.5 Å². The van der Waals surface area contributed by atoms with Gasteiger partial charge in [0.1, 0.15) is 0 Å². The molecule has 0 spiro atoms. The maximum Gasteiger partial charge on any atom is 0.410 e. The lowest BCUT2D eigenvalue weighted by Crippen LogP contribution is -2.39. The topological polar surface area (TPSA) is 51.5 Å². The highest BCUT2D eigenvalue weighted by atomic mass is 16.6. The maximum atomic E-state index is 11.8. The van der Waals surface area contributed by atoms with Crippen molar-refractivity contribution < 1.29 is 9.53 Å². The van der Waals surface area contributed by atoms with Crippen LogP contribution in [0.5, 0.6) is 0 Å². The molecule has 1 aliphatic heterocycles. The number of carbonyl (C=O) groups is 1. The molecule has 1 aromatic heterocycles. The minimum Gasteiger partial charge on any atom is -0.449 e. The molecular weight excluding hydrogens is 292 g/mol. The van der Waals surface area contributed by atoms with Crippen LogP contribution < -0.4 is 5.56 Å². The molecule has 1 saturated heterocycles. The fourth-order valence-electron chi connectivity index (χ4n) is 2.82. The van der Waals surface area contributed by atoms with Crippen LogP contribution in [0.4, 0.5) is 4.79 Å². The van der Waals surface area contributed by atoms with E-state index in [0.29, 0.717) is 6.61 Å². The van der Waals surface area contributed by atoms with Gasteiger partial charge in [-0.25, -0.2) is 4.79 Å². The van der Waals surface area contributed by atoms with E-state index in [9.17, 15) is 9.59 Å². The van der Waals surface area contributed by atoms with E-state index < -0.39 is 0 Å². The Bertz CT molecular complexity index is 765. The van der Waals surface area contributed by atoms with Crippen molar-refractivity contribution in [3.63, 3.8) is 0 Å². The lowest BCUT2D eigenvalue weighted by molar-refractivity contribution is 0.0580. The number of pyridine rings is 1. The molecule has 0 saturated carbocycles. The van der Waals surface area contributed by atoms with Gasteiger partial charge in [0.05, 0.1) is 12.6 Å². The Hall–Kier alpha value is -2.56. The van der Waals surface area contributed by atoms with Crippen LogP contribution in [0.3, 0.4) is 0 Å². The van der Waals surface area contributed by atoms with E-state index in [-0.39, 0.29) is 17.7 Å². The minimum atomic E-state index is -0.245. The Labute approximate surface area is 135 Å². The molecule has 0 radical (unpaired) electrons. The number of cyclic esters (lactones) is 1.